The lowest BCUT2D eigenvalue weighted by Gasteiger charge is -2.31. The molecule has 5 heteroatoms. The molecule has 2 N–H and O–H groups in total. The summed E-state index contributed by atoms with van der Waals surface area (Å²) in [6, 6.07) is 0. The molecule has 0 bridgehead atoms. The Morgan fingerprint density at radius 3 is 2.53 bits per heavy atom. The maximum atomic E-state index is 11.2. The summed E-state index contributed by atoms with van der Waals surface area (Å²) in [4.78, 5) is 13.7. The number of amides is 1. The van der Waals surface area contributed by atoms with Crippen molar-refractivity contribution < 1.29 is 4.79 Å². The van der Waals surface area contributed by atoms with Crippen LogP contribution in [0.15, 0.2) is 0 Å². The summed E-state index contributed by atoms with van der Waals surface area (Å²) in [6.07, 6.45) is 3.71. The van der Waals surface area contributed by atoms with Gasteiger partial charge in [-0.1, -0.05) is 6.92 Å². The van der Waals surface area contributed by atoms with Crippen molar-refractivity contribution in [3.63, 3.8) is 0 Å². The molecule has 1 amide bonds. The predicted octanol–water partition coefficient (Wildman–Crippen LogP) is 0.866. The molecule has 0 radical (unpaired) electrons. The third-order valence-corrected chi connectivity index (χ3v) is 3.37. The first kappa shape index (κ1) is 16.7. The second-order valence-electron chi connectivity index (χ2n) is 4.55. The Labute approximate surface area is 111 Å². The number of hydrogen-bond donors (Lipinski definition) is 2. The molecular weight excluding hydrogens is 238 g/mol. The Morgan fingerprint density at radius 1 is 1.35 bits per heavy atom. The van der Waals surface area contributed by atoms with Gasteiger partial charge in [0.05, 0.1) is 6.54 Å². The number of likely N-dealkylation sites (tertiary alicyclic amines) is 1. The maximum absolute atomic E-state index is 11.2. The van der Waals surface area contributed by atoms with Crippen LogP contribution in [0.2, 0.25) is 0 Å². The van der Waals surface area contributed by atoms with Gasteiger partial charge >= 0.3 is 0 Å². The summed E-state index contributed by atoms with van der Waals surface area (Å²) >= 11 is 0. The zero-order chi connectivity index (χ0) is 11.8. The normalized spacial score (nSPS) is 17.5. The van der Waals surface area contributed by atoms with Crippen molar-refractivity contribution in [2.75, 3.05) is 39.8 Å². The van der Waals surface area contributed by atoms with Crippen LogP contribution in [0.1, 0.15) is 26.2 Å². The molecule has 17 heavy (non-hydrogen) atoms. The summed E-state index contributed by atoms with van der Waals surface area (Å²) in [5.41, 5.74) is 0. The van der Waals surface area contributed by atoms with Crippen molar-refractivity contribution >= 4 is 18.3 Å². The van der Waals surface area contributed by atoms with Crippen molar-refractivity contribution in [1.29, 1.82) is 0 Å². The maximum Gasteiger partial charge on any atom is 0.233 e. The van der Waals surface area contributed by atoms with Gasteiger partial charge in [0.25, 0.3) is 0 Å². The van der Waals surface area contributed by atoms with Gasteiger partial charge in [0.15, 0.2) is 0 Å². The molecule has 4 nitrogen and oxygen atoms in total. The predicted molar refractivity (Wildman–Crippen MR) is 73.6 cm³/mol. The molecule has 1 aliphatic heterocycles. The molecule has 1 fully saturated rings. The fraction of sp³-hybridized carbons (Fsp3) is 0.917. The van der Waals surface area contributed by atoms with Crippen molar-refractivity contribution in [3.05, 3.63) is 0 Å². The molecule has 0 aliphatic carbocycles. The van der Waals surface area contributed by atoms with Gasteiger partial charge in [-0.3, -0.25) is 4.79 Å². The highest BCUT2D eigenvalue weighted by Gasteiger charge is 2.17. The Bertz CT molecular complexity index is 206. The van der Waals surface area contributed by atoms with Gasteiger partial charge in [0.2, 0.25) is 5.91 Å². The minimum atomic E-state index is 0. The van der Waals surface area contributed by atoms with E-state index in [1.165, 1.54) is 32.5 Å². The molecular formula is C12H26ClN3O. The van der Waals surface area contributed by atoms with Gasteiger partial charge in [0, 0.05) is 6.54 Å². The number of carbonyl (C=O) groups excluding carboxylic acids is 1. The van der Waals surface area contributed by atoms with Crippen LogP contribution in [0.5, 0.6) is 0 Å². The van der Waals surface area contributed by atoms with Crippen molar-refractivity contribution in [3.8, 4) is 0 Å². The zero-order valence-electron chi connectivity index (χ0n) is 11.0. The molecule has 0 spiro atoms. The number of nitrogens with one attached hydrogen (secondary N) is 2. The number of rotatable bonds is 6. The van der Waals surface area contributed by atoms with E-state index >= 15 is 0 Å². The van der Waals surface area contributed by atoms with Crippen LogP contribution in [0, 0.1) is 5.92 Å². The van der Waals surface area contributed by atoms with Crippen LogP contribution >= 0.6 is 12.4 Å². The van der Waals surface area contributed by atoms with Crippen LogP contribution in [0.25, 0.3) is 0 Å². The Hall–Kier alpha value is -0.320. The summed E-state index contributed by atoms with van der Waals surface area (Å²) in [7, 11) is 1.79. The SMILES string of the molecule is CCN1CCC(CCNC(=O)CNC)CC1.Cl. The van der Waals surface area contributed by atoms with E-state index in [0.717, 1.165) is 18.9 Å². The lowest BCUT2D eigenvalue weighted by molar-refractivity contribution is -0.120. The molecule has 0 saturated carbocycles. The van der Waals surface area contributed by atoms with Crippen molar-refractivity contribution in [2.24, 2.45) is 5.92 Å². The molecule has 0 unspecified atom stereocenters. The van der Waals surface area contributed by atoms with Crippen LogP contribution in [0.3, 0.4) is 0 Å². The van der Waals surface area contributed by atoms with Gasteiger partial charge in [-0.05, 0) is 51.9 Å². The number of carbonyl (C=O) groups is 1. The average molecular weight is 264 g/mol. The highest BCUT2D eigenvalue weighted by atomic mass is 35.5. The highest BCUT2D eigenvalue weighted by molar-refractivity contribution is 5.85. The Kier molecular flexibility index (Phi) is 9.50. The molecule has 1 heterocycles. The van der Waals surface area contributed by atoms with E-state index in [4.69, 9.17) is 0 Å². The van der Waals surface area contributed by atoms with Crippen LogP contribution in [-0.4, -0.2) is 50.6 Å². The third-order valence-electron chi connectivity index (χ3n) is 3.37. The van der Waals surface area contributed by atoms with Gasteiger partial charge in [-0.15, -0.1) is 12.4 Å². The minimum Gasteiger partial charge on any atom is -0.355 e. The van der Waals surface area contributed by atoms with Crippen LogP contribution in [0.4, 0.5) is 0 Å². The van der Waals surface area contributed by atoms with Crippen LogP contribution in [-0.2, 0) is 4.79 Å². The van der Waals surface area contributed by atoms with Crippen molar-refractivity contribution in [2.45, 2.75) is 26.2 Å². The zero-order valence-corrected chi connectivity index (χ0v) is 11.8. The third kappa shape index (κ3) is 6.86. The molecule has 0 aromatic rings. The van der Waals surface area contributed by atoms with Gasteiger partial charge in [-0.25, -0.2) is 0 Å². The number of piperidine rings is 1. The van der Waals surface area contributed by atoms with E-state index in [2.05, 4.69) is 22.5 Å². The Morgan fingerprint density at radius 2 is 2.00 bits per heavy atom. The smallest absolute Gasteiger partial charge is 0.233 e. The molecule has 0 aromatic carbocycles. The number of halogens is 1. The van der Waals surface area contributed by atoms with Gasteiger partial charge < -0.3 is 15.5 Å². The van der Waals surface area contributed by atoms with E-state index in [1.54, 1.807) is 7.05 Å². The van der Waals surface area contributed by atoms with Gasteiger partial charge in [-0.2, -0.15) is 0 Å². The highest BCUT2D eigenvalue weighted by Crippen LogP contribution is 2.19. The monoisotopic (exact) mass is 263 g/mol. The second-order valence-corrected chi connectivity index (χ2v) is 4.55. The quantitative estimate of drug-likeness (QED) is 0.747. The summed E-state index contributed by atoms with van der Waals surface area (Å²) in [5.74, 6) is 0.908. The molecule has 1 rings (SSSR count). The minimum absolute atomic E-state index is 0. The number of likely N-dealkylation sites (N-methyl/N-ethyl adjacent to an activating group) is 1. The van der Waals surface area contributed by atoms with Gasteiger partial charge in [0.1, 0.15) is 0 Å². The molecule has 1 aliphatic rings. The fourth-order valence-corrected chi connectivity index (χ4v) is 2.23. The van der Waals surface area contributed by atoms with E-state index in [9.17, 15) is 4.79 Å². The first-order chi connectivity index (χ1) is 7.76. The van der Waals surface area contributed by atoms with E-state index < -0.39 is 0 Å². The number of nitrogens with zero attached hydrogens (tertiary/aromatic N) is 1. The molecule has 0 atom stereocenters. The lowest BCUT2D eigenvalue weighted by atomic mass is 9.93. The van der Waals surface area contributed by atoms with E-state index in [0.29, 0.717) is 6.54 Å². The first-order valence-corrected chi connectivity index (χ1v) is 6.40. The largest absolute Gasteiger partial charge is 0.355 e. The standard InChI is InChI=1S/C12H25N3O.ClH/c1-3-15-8-5-11(6-9-15)4-7-14-12(16)10-13-2;/h11,13H,3-10H2,1-2H3,(H,14,16);1H. The topological polar surface area (TPSA) is 44.4 Å². The summed E-state index contributed by atoms with van der Waals surface area (Å²) in [5, 5.41) is 5.79. The lowest BCUT2D eigenvalue weighted by Crippen LogP contribution is -2.36. The first-order valence-electron chi connectivity index (χ1n) is 6.40. The molecule has 0 aromatic heterocycles. The van der Waals surface area contributed by atoms with E-state index in [-0.39, 0.29) is 18.3 Å². The second kappa shape index (κ2) is 9.68. The Balaban J connectivity index is 0.00000256. The summed E-state index contributed by atoms with van der Waals surface area (Å²) in [6.45, 7) is 7.10. The van der Waals surface area contributed by atoms with Crippen LogP contribution < -0.4 is 10.6 Å². The molecule has 1 saturated heterocycles. The summed E-state index contributed by atoms with van der Waals surface area (Å²) < 4.78 is 0. The number of hydrogen-bond acceptors (Lipinski definition) is 3. The van der Waals surface area contributed by atoms with Crippen molar-refractivity contribution in [1.82, 2.24) is 15.5 Å². The van der Waals surface area contributed by atoms with E-state index in [1.807, 2.05) is 0 Å². The fourth-order valence-electron chi connectivity index (χ4n) is 2.23. The average Bonchev–Trinajstić information content (AvgIpc) is 2.30. The molecule has 102 valence electrons.